The second-order valence-corrected chi connectivity index (χ2v) is 5.73. The second kappa shape index (κ2) is 6.16. The van der Waals surface area contributed by atoms with Gasteiger partial charge in [0.15, 0.2) is 0 Å². The predicted molar refractivity (Wildman–Crippen MR) is 74.3 cm³/mol. The third kappa shape index (κ3) is 3.43. The number of carbonyl (C=O) groups excluding carboxylic acids is 1. The van der Waals surface area contributed by atoms with E-state index < -0.39 is 0 Å². The number of hydrogen-bond donors (Lipinski definition) is 1. The highest BCUT2D eigenvalue weighted by atomic mass is 32.1. The van der Waals surface area contributed by atoms with Crippen LogP contribution in [0.4, 0.5) is 0 Å². The van der Waals surface area contributed by atoms with Crippen LogP contribution in [0.25, 0.3) is 6.08 Å². The molecule has 3 nitrogen and oxygen atoms in total. The van der Waals surface area contributed by atoms with Gasteiger partial charge in [-0.1, -0.05) is 6.07 Å². The van der Waals surface area contributed by atoms with Crippen molar-refractivity contribution in [1.82, 2.24) is 4.90 Å². The topological polar surface area (TPSA) is 40.5 Å². The first-order valence-electron chi connectivity index (χ1n) is 6.35. The SMILES string of the molecule is CC(O)C1CCN(C(=O)/C=C/c2cccs2)CC1. The van der Waals surface area contributed by atoms with E-state index in [1.165, 1.54) is 0 Å². The zero-order valence-electron chi connectivity index (χ0n) is 10.6. The van der Waals surface area contributed by atoms with Gasteiger partial charge in [-0.25, -0.2) is 0 Å². The van der Waals surface area contributed by atoms with Crippen LogP contribution in [0.15, 0.2) is 23.6 Å². The Morgan fingerprint density at radius 3 is 2.83 bits per heavy atom. The number of rotatable bonds is 3. The average Bonchev–Trinajstić information content (AvgIpc) is 2.89. The number of carbonyl (C=O) groups is 1. The summed E-state index contributed by atoms with van der Waals surface area (Å²) in [5, 5.41) is 11.5. The van der Waals surface area contributed by atoms with Crippen LogP contribution in [0.3, 0.4) is 0 Å². The summed E-state index contributed by atoms with van der Waals surface area (Å²) < 4.78 is 0. The molecule has 1 unspecified atom stereocenters. The molecule has 2 heterocycles. The number of thiophene rings is 1. The molecule has 1 aliphatic heterocycles. The average molecular weight is 265 g/mol. The van der Waals surface area contributed by atoms with Crippen molar-refractivity contribution >= 4 is 23.3 Å². The fourth-order valence-electron chi connectivity index (χ4n) is 2.25. The van der Waals surface area contributed by atoms with Gasteiger partial charge < -0.3 is 10.0 Å². The molecule has 0 aliphatic carbocycles. The summed E-state index contributed by atoms with van der Waals surface area (Å²) in [6.07, 6.45) is 5.05. The van der Waals surface area contributed by atoms with Crippen molar-refractivity contribution in [2.24, 2.45) is 5.92 Å². The standard InChI is InChI=1S/C14H19NO2S/c1-11(16)12-6-8-15(9-7-12)14(17)5-4-13-3-2-10-18-13/h2-5,10-12,16H,6-9H2,1H3/b5-4+. The van der Waals surface area contributed by atoms with E-state index in [-0.39, 0.29) is 12.0 Å². The van der Waals surface area contributed by atoms with Gasteiger partial charge in [0.1, 0.15) is 0 Å². The molecule has 1 aromatic rings. The summed E-state index contributed by atoms with van der Waals surface area (Å²) in [6, 6.07) is 3.97. The van der Waals surface area contributed by atoms with Crippen molar-refractivity contribution in [1.29, 1.82) is 0 Å². The van der Waals surface area contributed by atoms with Gasteiger partial charge >= 0.3 is 0 Å². The van der Waals surface area contributed by atoms with Gasteiger partial charge in [0, 0.05) is 24.0 Å². The molecule has 98 valence electrons. The Bertz CT molecular complexity index is 403. The van der Waals surface area contributed by atoms with Gasteiger partial charge in [0.25, 0.3) is 0 Å². The first-order chi connectivity index (χ1) is 8.66. The molecule has 1 atom stereocenters. The van der Waals surface area contributed by atoms with Crippen LogP contribution in [0.2, 0.25) is 0 Å². The Hall–Kier alpha value is -1.13. The Morgan fingerprint density at radius 1 is 1.56 bits per heavy atom. The van der Waals surface area contributed by atoms with E-state index in [2.05, 4.69) is 0 Å². The highest BCUT2D eigenvalue weighted by Gasteiger charge is 2.24. The van der Waals surface area contributed by atoms with E-state index in [0.717, 1.165) is 30.8 Å². The molecular weight excluding hydrogens is 246 g/mol. The Morgan fingerprint density at radius 2 is 2.28 bits per heavy atom. The molecule has 0 bridgehead atoms. The molecule has 4 heteroatoms. The monoisotopic (exact) mass is 265 g/mol. The maximum Gasteiger partial charge on any atom is 0.246 e. The Kier molecular flexibility index (Phi) is 4.55. The number of hydrogen-bond acceptors (Lipinski definition) is 3. The first kappa shape index (κ1) is 13.3. The predicted octanol–water partition coefficient (Wildman–Crippen LogP) is 2.38. The summed E-state index contributed by atoms with van der Waals surface area (Å²) in [4.78, 5) is 14.9. The molecule has 1 fully saturated rings. The molecule has 1 saturated heterocycles. The number of likely N-dealkylation sites (tertiary alicyclic amines) is 1. The number of nitrogens with zero attached hydrogens (tertiary/aromatic N) is 1. The third-order valence-corrected chi connectivity index (χ3v) is 4.30. The lowest BCUT2D eigenvalue weighted by Gasteiger charge is -2.32. The van der Waals surface area contributed by atoms with Crippen LogP contribution in [-0.2, 0) is 4.79 Å². The van der Waals surface area contributed by atoms with Gasteiger partial charge in [-0.05, 0) is 43.2 Å². The van der Waals surface area contributed by atoms with Gasteiger partial charge in [-0.15, -0.1) is 11.3 Å². The van der Waals surface area contributed by atoms with E-state index >= 15 is 0 Å². The quantitative estimate of drug-likeness (QED) is 0.852. The Labute approximate surface area is 112 Å². The second-order valence-electron chi connectivity index (χ2n) is 4.75. The van der Waals surface area contributed by atoms with Crippen LogP contribution in [0.1, 0.15) is 24.6 Å². The molecule has 0 spiro atoms. The maximum absolute atomic E-state index is 12.0. The van der Waals surface area contributed by atoms with Gasteiger partial charge in [-0.2, -0.15) is 0 Å². The van der Waals surface area contributed by atoms with Crippen LogP contribution in [0, 0.1) is 5.92 Å². The smallest absolute Gasteiger partial charge is 0.246 e. The third-order valence-electron chi connectivity index (χ3n) is 3.47. The van der Waals surface area contributed by atoms with Crippen LogP contribution >= 0.6 is 11.3 Å². The lowest BCUT2D eigenvalue weighted by Crippen LogP contribution is -2.39. The molecular formula is C14H19NO2S. The molecule has 0 aromatic carbocycles. The minimum absolute atomic E-state index is 0.0763. The van der Waals surface area contributed by atoms with Crippen LogP contribution in [0.5, 0.6) is 0 Å². The summed E-state index contributed by atoms with van der Waals surface area (Å²) in [7, 11) is 0. The zero-order valence-corrected chi connectivity index (χ0v) is 11.4. The minimum atomic E-state index is -0.260. The number of amides is 1. The zero-order chi connectivity index (χ0) is 13.0. The van der Waals surface area contributed by atoms with E-state index in [0.29, 0.717) is 5.92 Å². The first-order valence-corrected chi connectivity index (χ1v) is 7.23. The molecule has 0 radical (unpaired) electrons. The van der Waals surface area contributed by atoms with Gasteiger partial charge in [0.2, 0.25) is 5.91 Å². The fraction of sp³-hybridized carbons (Fsp3) is 0.500. The van der Waals surface area contributed by atoms with Crippen molar-refractivity contribution < 1.29 is 9.90 Å². The van der Waals surface area contributed by atoms with Crippen LogP contribution in [-0.4, -0.2) is 35.1 Å². The maximum atomic E-state index is 12.0. The Balaban J connectivity index is 1.84. The van der Waals surface area contributed by atoms with E-state index in [1.807, 2.05) is 35.4 Å². The van der Waals surface area contributed by atoms with Crippen LogP contribution < -0.4 is 0 Å². The fourth-order valence-corrected chi connectivity index (χ4v) is 2.87. The highest BCUT2D eigenvalue weighted by Crippen LogP contribution is 2.21. The molecule has 1 amide bonds. The van der Waals surface area contributed by atoms with Crippen molar-refractivity contribution in [3.8, 4) is 0 Å². The summed E-state index contributed by atoms with van der Waals surface area (Å²) in [5.41, 5.74) is 0. The van der Waals surface area contributed by atoms with Crippen molar-refractivity contribution in [3.05, 3.63) is 28.5 Å². The largest absolute Gasteiger partial charge is 0.393 e. The molecule has 1 aromatic heterocycles. The molecule has 2 rings (SSSR count). The molecule has 1 N–H and O–H groups in total. The van der Waals surface area contributed by atoms with E-state index in [1.54, 1.807) is 17.4 Å². The minimum Gasteiger partial charge on any atom is -0.393 e. The summed E-state index contributed by atoms with van der Waals surface area (Å²) in [5.74, 6) is 0.419. The molecule has 1 aliphatic rings. The number of piperidine rings is 1. The van der Waals surface area contributed by atoms with E-state index in [4.69, 9.17) is 0 Å². The van der Waals surface area contributed by atoms with Crippen molar-refractivity contribution in [2.75, 3.05) is 13.1 Å². The van der Waals surface area contributed by atoms with E-state index in [9.17, 15) is 9.90 Å². The number of aliphatic hydroxyl groups excluding tert-OH is 1. The summed E-state index contributed by atoms with van der Waals surface area (Å²) >= 11 is 1.63. The van der Waals surface area contributed by atoms with Gasteiger partial charge in [-0.3, -0.25) is 4.79 Å². The van der Waals surface area contributed by atoms with Gasteiger partial charge in [0.05, 0.1) is 6.10 Å². The van der Waals surface area contributed by atoms with Crippen molar-refractivity contribution in [2.45, 2.75) is 25.9 Å². The lowest BCUT2D eigenvalue weighted by atomic mass is 9.92. The highest BCUT2D eigenvalue weighted by molar-refractivity contribution is 7.10. The normalized spacial score (nSPS) is 19.3. The lowest BCUT2D eigenvalue weighted by molar-refractivity contribution is -0.127. The summed E-state index contributed by atoms with van der Waals surface area (Å²) in [6.45, 7) is 3.34. The molecule has 18 heavy (non-hydrogen) atoms. The number of aliphatic hydroxyl groups is 1. The molecule has 0 saturated carbocycles. The van der Waals surface area contributed by atoms with Crippen molar-refractivity contribution in [3.63, 3.8) is 0 Å².